The zero-order valence-corrected chi connectivity index (χ0v) is 16.5. The fourth-order valence-electron chi connectivity index (χ4n) is 2.89. The molecular formula is C20H22FN5O2. The molecule has 0 saturated carbocycles. The van der Waals surface area contributed by atoms with Gasteiger partial charge in [0.1, 0.15) is 11.4 Å². The number of amides is 1. The Labute approximate surface area is 162 Å². The lowest BCUT2D eigenvalue weighted by Crippen LogP contribution is -2.27. The molecule has 0 radical (unpaired) electrons. The van der Waals surface area contributed by atoms with Gasteiger partial charge in [-0.15, -0.1) is 0 Å². The van der Waals surface area contributed by atoms with Gasteiger partial charge in [0, 0.05) is 30.6 Å². The molecule has 0 fully saturated rings. The first kappa shape index (κ1) is 19.5. The van der Waals surface area contributed by atoms with E-state index in [9.17, 15) is 4.79 Å². The average Bonchev–Trinajstić information content (AvgIpc) is 2.91. The van der Waals surface area contributed by atoms with Gasteiger partial charge in [0.25, 0.3) is 0 Å². The van der Waals surface area contributed by atoms with E-state index in [1.807, 2.05) is 6.92 Å². The van der Waals surface area contributed by atoms with Gasteiger partial charge in [0.15, 0.2) is 0 Å². The number of nitrogens with zero attached hydrogens (tertiary/aromatic N) is 4. The zero-order valence-electron chi connectivity index (χ0n) is 16.5. The highest BCUT2D eigenvalue weighted by Crippen LogP contribution is 2.32. The number of rotatable bonds is 3. The lowest BCUT2D eigenvalue weighted by molar-refractivity contribution is 0.0634. The summed E-state index contributed by atoms with van der Waals surface area (Å²) in [7, 11) is 1.75. The second kappa shape index (κ2) is 7.03. The summed E-state index contributed by atoms with van der Waals surface area (Å²) in [6.07, 6.45) is 2.23. The molecular weight excluding hydrogens is 361 g/mol. The molecule has 0 aliphatic rings. The minimum Gasteiger partial charge on any atom is -0.444 e. The number of anilines is 1. The molecule has 1 aromatic carbocycles. The molecule has 0 saturated heterocycles. The van der Waals surface area contributed by atoms with E-state index in [-0.39, 0.29) is 5.95 Å². The van der Waals surface area contributed by atoms with Gasteiger partial charge in [-0.1, -0.05) is 6.58 Å². The number of ether oxygens (including phenoxy) is 1. The van der Waals surface area contributed by atoms with Gasteiger partial charge in [0.2, 0.25) is 5.95 Å². The SMILES string of the molecule is C=C(C)c1c2c(F)c(-c3cnc(NC(=O)OC(C)(C)C)nc3)ccc2nn1C. The number of hydrogen-bond donors (Lipinski definition) is 1. The second-order valence-electron chi connectivity index (χ2n) is 7.50. The van der Waals surface area contributed by atoms with Gasteiger partial charge in [0.05, 0.1) is 16.6 Å². The van der Waals surface area contributed by atoms with Gasteiger partial charge < -0.3 is 4.74 Å². The minimum absolute atomic E-state index is 0.0727. The highest BCUT2D eigenvalue weighted by Gasteiger charge is 2.19. The Kier molecular flexibility index (Phi) is 4.89. The molecule has 0 spiro atoms. The zero-order chi connectivity index (χ0) is 20.6. The van der Waals surface area contributed by atoms with Crippen LogP contribution in [0.25, 0.3) is 27.6 Å². The van der Waals surface area contributed by atoms with Crippen LogP contribution in [0.4, 0.5) is 15.1 Å². The highest BCUT2D eigenvalue weighted by molar-refractivity contribution is 5.93. The van der Waals surface area contributed by atoms with E-state index in [0.29, 0.717) is 33.3 Å². The van der Waals surface area contributed by atoms with Crippen LogP contribution in [-0.4, -0.2) is 31.4 Å². The van der Waals surface area contributed by atoms with Crippen molar-refractivity contribution in [1.82, 2.24) is 19.7 Å². The van der Waals surface area contributed by atoms with Crippen molar-refractivity contribution >= 4 is 28.5 Å². The molecule has 28 heavy (non-hydrogen) atoms. The first-order chi connectivity index (χ1) is 13.1. The van der Waals surface area contributed by atoms with Gasteiger partial charge in [-0.25, -0.2) is 19.2 Å². The minimum atomic E-state index is -0.658. The van der Waals surface area contributed by atoms with E-state index >= 15 is 4.39 Å². The number of carbonyl (C=O) groups is 1. The highest BCUT2D eigenvalue weighted by atomic mass is 19.1. The van der Waals surface area contributed by atoms with Crippen molar-refractivity contribution in [1.29, 1.82) is 0 Å². The van der Waals surface area contributed by atoms with Crippen LogP contribution in [0.15, 0.2) is 31.1 Å². The summed E-state index contributed by atoms with van der Waals surface area (Å²) in [6, 6.07) is 3.37. The lowest BCUT2D eigenvalue weighted by Gasteiger charge is -2.19. The van der Waals surface area contributed by atoms with Crippen molar-refractivity contribution < 1.29 is 13.9 Å². The van der Waals surface area contributed by atoms with E-state index in [1.165, 1.54) is 12.4 Å². The van der Waals surface area contributed by atoms with Crippen LogP contribution >= 0.6 is 0 Å². The number of aryl methyl sites for hydroxylation is 1. The van der Waals surface area contributed by atoms with Crippen LogP contribution in [0.5, 0.6) is 0 Å². The van der Waals surface area contributed by atoms with E-state index in [4.69, 9.17) is 4.74 Å². The van der Waals surface area contributed by atoms with Crippen molar-refractivity contribution in [2.75, 3.05) is 5.32 Å². The van der Waals surface area contributed by atoms with E-state index in [1.54, 1.807) is 44.6 Å². The summed E-state index contributed by atoms with van der Waals surface area (Å²) in [6.45, 7) is 11.0. The number of nitrogens with one attached hydrogen (secondary N) is 1. The summed E-state index contributed by atoms with van der Waals surface area (Å²) in [5, 5.41) is 7.18. The summed E-state index contributed by atoms with van der Waals surface area (Å²) >= 11 is 0. The molecule has 1 amide bonds. The van der Waals surface area contributed by atoms with Crippen molar-refractivity contribution in [3.8, 4) is 11.1 Å². The Morgan fingerprint density at radius 2 is 1.89 bits per heavy atom. The molecule has 3 aromatic rings. The maximum atomic E-state index is 15.2. The molecule has 3 rings (SSSR count). The number of hydrogen-bond acceptors (Lipinski definition) is 5. The molecule has 7 nitrogen and oxygen atoms in total. The summed E-state index contributed by atoms with van der Waals surface area (Å²) in [5.74, 6) is -0.344. The Morgan fingerprint density at radius 1 is 1.25 bits per heavy atom. The molecule has 2 aromatic heterocycles. The largest absolute Gasteiger partial charge is 0.444 e. The fraction of sp³-hybridized carbons (Fsp3) is 0.300. The van der Waals surface area contributed by atoms with E-state index < -0.39 is 17.5 Å². The predicted molar refractivity (Wildman–Crippen MR) is 106 cm³/mol. The number of halogens is 1. The lowest BCUT2D eigenvalue weighted by atomic mass is 10.0. The van der Waals surface area contributed by atoms with E-state index in [0.717, 1.165) is 0 Å². The molecule has 0 unspecified atom stereocenters. The molecule has 0 aliphatic carbocycles. The Hall–Kier alpha value is -3.29. The van der Waals surface area contributed by atoms with Crippen molar-refractivity contribution in [3.63, 3.8) is 0 Å². The first-order valence-corrected chi connectivity index (χ1v) is 8.70. The average molecular weight is 383 g/mol. The molecule has 8 heteroatoms. The van der Waals surface area contributed by atoms with Crippen LogP contribution < -0.4 is 5.32 Å². The van der Waals surface area contributed by atoms with Crippen LogP contribution in [0.3, 0.4) is 0 Å². The molecule has 2 heterocycles. The number of fused-ring (bicyclic) bond motifs is 1. The van der Waals surface area contributed by atoms with Gasteiger partial charge in [-0.3, -0.25) is 10.00 Å². The van der Waals surface area contributed by atoms with Crippen LogP contribution in [-0.2, 0) is 11.8 Å². The third kappa shape index (κ3) is 3.85. The third-order valence-corrected chi connectivity index (χ3v) is 3.92. The Morgan fingerprint density at radius 3 is 2.46 bits per heavy atom. The number of carbonyl (C=O) groups excluding carboxylic acids is 1. The maximum Gasteiger partial charge on any atom is 0.414 e. The molecule has 0 bridgehead atoms. The van der Waals surface area contributed by atoms with Gasteiger partial charge in [-0.05, 0) is 45.4 Å². The monoisotopic (exact) mass is 383 g/mol. The van der Waals surface area contributed by atoms with Crippen LogP contribution in [0.2, 0.25) is 0 Å². The normalized spacial score (nSPS) is 11.5. The smallest absolute Gasteiger partial charge is 0.414 e. The maximum absolute atomic E-state index is 15.2. The molecule has 0 aliphatic heterocycles. The number of benzene rings is 1. The van der Waals surface area contributed by atoms with Crippen molar-refractivity contribution in [2.24, 2.45) is 7.05 Å². The summed E-state index contributed by atoms with van der Waals surface area (Å²) in [4.78, 5) is 20.0. The topological polar surface area (TPSA) is 81.9 Å². The summed E-state index contributed by atoms with van der Waals surface area (Å²) in [5.41, 5.74) is 2.09. The fourth-order valence-corrected chi connectivity index (χ4v) is 2.89. The quantitative estimate of drug-likeness (QED) is 0.717. The standard InChI is InChI=1S/C20H22FN5O2/c1-11(2)17-15-14(25-26(17)6)8-7-13(16(15)21)12-9-22-18(23-10-12)24-19(27)28-20(3,4)5/h7-10H,1H2,2-6H3,(H,22,23,24,27). The third-order valence-electron chi connectivity index (χ3n) is 3.92. The predicted octanol–water partition coefficient (Wildman–Crippen LogP) is 4.55. The van der Waals surface area contributed by atoms with Crippen LogP contribution in [0.1, 0.15) is 33.4 Å². The van der Waals surface area contributed by atoms with Crippen molar-refractivity contribution in [3.05, 3.63) is 42.6 Å². The van der Waals surface area contributed by atoms with Crippen LogP contribution in [0, 0.1) is 5.82 Å². The second-order valence-corrected chi connectivity index (χ2v) is 7.50. The van der Waals surface area contributed by atoms with Gasteiger partial charge >= 0.3 is 6.09 Å². The number of allylic oxidation sites excluding steroid dienone is 1. The number of aromatic nitrogens is 4. The van der Waals surface area contributed by atoms with E-state index in [2.05, 4.69) is 27.0 Å². The van der Waals surface area contributed by atoms with Crippen molar-refractivity contribution in [2.45, 2.75) is 33.3 Å². The Balaban J connectivity index is 1.93. The molecule has 1 N–H and O–H groups in total. The molecule has 0 atom stereocenters. The Bertz CT molecular complexity index is 1060. The van der Waals surface area contributed by atoms with Gasteiger partial charge in [-0.2, -0.15) is 5.10 Å². The summed E-state index contributed by atoms with van der Waals surface area (Å²) < 4.78 is 22.0. The molecule has 146 valence electrons. The first-order valence-electron chi connectivity index (χ1n) is 8.70.